The van der Waals surface area contributed by atoms with Crippen LogP contribution in [0.1, 0.15) is 25.7 Å². The van der Waals surface area contributed by atoms with Gasteiger partial charge in [-0.05, 0) is 38.3 Å². The maximum atomic E-state index is 4.69. The molecule has 0 bridgehead atoms. The summed E-state index contributed by atoms with van der Waals surface area (Å²) in [6, 6.07) is 3.29. The Morgan fingerprint density at radius 1 is 1.32 bits per heavy atom. The van der Waals surface area contributed by atoms with Gasteiger partial charge in [-0.2, -0.15) is 4.98 Å². The lowest BCUT2D eigenvalue weighted by Crippen LogP contribution is -2.44. The molecule has 5 nitrogen and oxygen atoms in total. The zero-order valence-electron chi connectivity index (χ0n) is 11.8. The van der Waals surface area contributed by atoms with Crippen molar-refractivity contribution >= 4 is 11.8 Å². The van der Waals surface area contributed by atoms with E-state index in [1.54, 1.807) is 0 Å². The molecule has 0 spiro atoms. The van der Waals surface area contributed by atoms with E-state index in [9.17, 15) is 0 Å². The number of anilines is 2. The third-order valence-electron chi connectivity index (χ3n) is 4.18. The van der Waals surface area contributed by atoms with Crippen molar-refractivity contribution in [3.8, 4) is 0 Å². The molecule has 1 aromatic rings. The lowest BCUT2D eigenvalue weighted by atomic mass is 10.0. The highest BCUT2D eigenvalue weighted by molar-refractivity contribution is 5.45. The second kappa shape index (κ2) is 5.33. The first-order valence-electron chi connectivity index (χ1n) is 7.26. The van der Waals surface area contributed by atoms with Gasteiger partial charge < -0.3 is 15.1 Å². The number of hydrogen-bond donors (Lipinski definition) is 1. The van der Waals surface area contributed by atoms with Gasteiger partial charge in [0.15, 0.2) is 0 Å². The Labute approximate surface area is 115 Å². The largest absolute Gasteiger partial charge is 0.352 e. The second-order valence-electron chi connectivity index (χ2n) is 5.72. The lowest BCUT2D eigenvalue weighted by molar-refractivity contribution is 0.481. The maximum Gasteiger partial charge on any atom is 0.226 e. The van der Waals surface area contributed by atoms with E-state index >= 15 is 0 Å². The number of nitrogens with zero attached hydrogens (tertiary/aromatic N) is 4. The Hall–Kier alpha value is -1.36. The summed E-state index contributed by atoms with van der Waals surface area (Å²) in [6.07, 6.45) is 7.02. The quantitative estimate of drug-likeness (QED) is 0.887. The van der Waals surface area contributed by atoms with Crippen LogP contribution in [0, 0.1) is 0 Å². The fourth-order valence-electron chi connectivity index (χ4n) is 3.25. The molecule has 0 saturated carbocycles. The summed E-state index contributed by atoms with van der Waals surface area (Å²) in [5.74, 6) is 1.87. The van der Waals surface area contributed by atoms with Gasteiger partial charge in [0.2, 0.25) is 5.95 Å². The van der Waals surface area contributed by atoms with E-state index in [0.717, 1.165) is 18.3 Å². The van der Waals surface area contributed by atoms with Crippen molar-refractivity contribution in [2.24, 2.45) is 0 Å². The van der Waals surface area contributed by atoms with Gasteiger partial charge in [0, 0.05) is 38.9 Å². The van der Waals surface area contributed by atoms with Crippen molar-refractivity contribution in [1.29, 1.82) is 0 Å². The lowest BCUT2D eigenvalue weighted by Gasteiger charge is -2.30. The minimum Gasteiger partial charge on any atom is -0.352 e. The summed E-state index contributed by atoms with van der Waals surface area (Å²) in [4.78, 5) is 13.4. The standard InChI is InChI=1S/C14H23N5/c1-18(2)14-16-9-7-13(17-14)19-10-4-6-12(19)11-5-3-8-15-11/h7,9,11-12,15H,3-6,8,10H2,1-2H3. The summed E-state index contributed by atoms with van der Waals surface area (Å²) < 4.78 is 0. The number of rotatable bonds is 3. The molecular weight excluding hydrogens is 238 g/mol. The van der Waals surface area contributed by atoms with Gasteiger partial charge in [0.1, 0.15) is 5.82 Å². The molecule has 104 valence electrons. The summed E-state index contributed by atoms with van der Waals surface area (Å²) in [5.41, 5.74) is 0. The predicted octanol–water partition coefficient (Wildman–Crippen LogP) is 1.26. The van der Waals surface area contributed by atoms with Crippen molar-refractivity contribution in [3.63, 3.8) is 0 Å². The van der Waals surface area contributed by atoms with Crippen molar-refractivity contribution in [1.82, 2.24) is 15.3 Å². The van der Waals surface area contributed by atoms with Gasteiger partial charge in [-0.3, -0.25) is 0 Å². The Kier molecular flexibility index (Phi) is 3.55. The highest BCUT2D eigenvalue weighted by atomic mass is 15.3. The van der Waals surface area contributed by atoms with Gasteiger partial charge in [-0.1, -0.05) is 0 Å². The Morgan fingerprint density at radius 2 is 2.21 bits per heavy atom. The van der Waals surface area contributed by atoms with Crippen molar-refractivity contribution in [2.75, 3.05) is 37.0 Å². The zero-order chi connectivity index (χ0) is 13.2. The molecule has 0 aromatic carbocycles. The summed E-state index contributed by atoms with van der Waals surface area (Å²) in [7, 11) is 3.97. The monoisotopic (exact) mass is 261 g/mol. The van der Waals surface area contributed by atoms with Crippen LogP contribution in [0.15, 0.2) is 12.3 Å². The zero-order valence-corrected chi connectivity index (χ0v) is 11.8. The molecule has 2 unspecified atom stereocenters. The molecule has 1 N–H and O–H groups in total. The van der Waals surface area contributed by atoms with Gasteiger partial charge in [-0.25, -0.2) is 4.98 Å². The normalized spacial score (nSPS) is 26.9. The van der Waals surface area contributed by atoms with Crippen LogP contribution in [0.25, 0.3) is 0 Å². The molecule has 2 atom stereocenters. The molecular formula is C14H23N5. The van der Waals surface area contributed by atoms with Gasteiger partial charge >= 0.3 is 0 Å². The van der Waals surface area contributed by atoms with Crippen molar-refractivity contribution < 1.29 is 0 Å². The summed E-state index contributed by atoms with van der Waals surface area (Å²) in [6.45, 7) is 2.29. The van der Waals surface area contributed by atoms with E-state index in [4.69, 9.17) is 0 Å². The minimum absolute atomic E-state index is 0.604. The van der Waals surface area contributed by atoms with Crippen LogP contribution in [0.3, 0.4) is 0 Å². The smallest absolute Gasteiger partial charge is 0.226 e. The average molecular weight is 261 g/mol. The second-order valence-corrected chi connectivity index (χ2v) is 5.72. The fourth-order valence-corrected chi connectivity index (χ4v) is 3.25. The van der Waals surface area contributed by atoms with Crippen LogP contribution >= 0.6 is 0 Å². The van der Waals surface area contributed by atoms with E-state index < -0.39 is 0 Å². The Morgan fingerprint density at radius 3 is 2.95 bits per heavy atom. The highest BCUT2D eigenvalue weighted by Gasteiger charge is 2.34. The fraction of sp³-hybridized carbons (Fsp3) is 0.714. The Balaban J connectivity index is 1.81. The molecule has 0 amide bonds. The number of nitrogens with one attached hydrogen (secondary N) is 1. The molecule has 2 saturated heterocycles. The molecule has 0 aliphatic carbocycles. The highest BCUT2D eigenvalue weighted by Crippen LogP contribution is 2.29. The first-order valence-corrected chi connectivity index (χ1v) is 7.26. The molecule has 2 fully saturated rings. The number of aromatic nitrogens is 2. The van der Waals surface area contributed by atoms with Gasteiger partial charge in [0.05, 0.1) is 0 Å². The molecule has 1 aromatic heterocycles. The minimum atomic E-state index is 0.604. The van der Waals surface area contributed by atoms with E-state index in [1.165, 1.54) is 32.2 Å². The van der Waals surface area contributed by atoms with E-state index in [2.05, 4.69) is 20.2 Å². The van der Waals surface area contributed by atoms with Crippen LogP contribution in [-0.4, -0.2) is 49.2 Å². The third kappa shape index (κ3) is 2.52. The molecule has 5 heteroatoms. The van der Waals surface area contributed by atoms with Crippen LogP contribution in [-0.2, 0) is 0 Å². The van der Waals surface area contributed by atoms with E-state index in [-0.39, 0.29) is 0 Å². The van der Waals surface area contributed by atoms with Crippen LogP contribution in [0.5, 0.6) is 0 Å². The molecule has 2 aliphatic heterocycles. The molecule has 2 aliphatic rings. The van der Waals surface area contributed by atoms with Crippen LogP contribution in [0.2, 0.25) is 0 Å². The van der Waals surface area contributed by atoms with Gasteiger partial charge in [-0.15, -0.1) is 0 Å². The van der Waals surface area contributed by atoms with E-state index in [0.29, 0.717) is 12.1 Å². The van der Waals surface area contributed by atoms with Crippen molar-refractivity contribution in [3.05, 3.63) is 12.3 Å². The van der Waals surface area contributed by atoms with Gasteiger partial charge in [0.25, 0.3) is 0 Å². The first-order chi connectivity index (χ1) is 9.25. The van der Waals surface area contributed by atoms with Crippen LogP contribution in [0.4, 0.5) is 11.8 Å². The topological polar surface area (TPSA) is 44.3 Å². The molecule has 3 rings (SSSR count). The molecule has 3 heterocycles. The summed E-state index contributed by atoms with van der Waals surface area (Å²) >= 11 is 0. The third-order valence-corrected chi connectivity index (χ3v) is 4.18. The van der Waals surface area contributed by atoms with Crippen molar-refractivity contribution in [2.45, 2.75) is 37.8 Å². The Bertz CT molecular complexity index is 428. The number of hydrogen-bond acceptors (Lipinski definition) is 5. The molecule has 0 radical (unpaired) electrons. The van der Waals surface area contributed by atoms with E-state index in [1.807, 2.05) is 31.3 Å². The maximum absolute atomic E-state index is 4.69. The SMILES string of the molecule is CN(C)c1nccc(N2CCCC2C2CCCN2)n1. The molecule has 19 heavy (non-hydrogen) atoms. The first kappa shape index (κ1) is 12.7. The summed E-state index contributed by atoms with van der Waals surface area (Å²) in [5, 5.41) is 3.64. The average Bonchev–Trinajstić information content (AvgIpc) is 3.09. The van der Waals surface area contributed by atoms with Crippen LogP contribution < -0.4 is 15.1 Å². The predicted molar refractivity (Wildman–Crippen MR) is 77.8 cm³/mol.